The standard InChI is InChI=1S/C15H14ClN3O5/c1-24-14-6-9(2-5-13(14)20)8-17-15(21)18-10-3-4-11(16)12(7-10)19(22)23/h2-7,20H,8H2,1H3,(H2,17,18,21). The summed E-state index contributed by atoms with van der Waals surface area (Å²) in [4.78, 5) is 22.1. The van der Waals surface area contributed by atoms with Gasteiger partial charge < -0.3 is 20.5 Å². The number of ether oxygens (including phenoxy) is 1. The molecule has 9 heteroatoms. The number of amides is 2. The van der Waals surface area contributed by atoms with Crippen molar-refractivity contribution in [2.45, 2.75) is 6.54 Å². The van der Waals surface area contributed by atoms with E-state index >= 15 is 0 Å². The van der Waals surface area contributed by atoms with E-state index in [2.05, 4.69) is 10.6 Å². The number of halogens is 1. The molecule has 0 atom stereocenters. The Balaban J connectivity index is 1.99. The molecular weight excluding hydrogens is 338 g/mol. The minimum atomic E-state index is -0.631. The van der Waals surface area contributed by atoms with E-state index in [4.69, 9.17) is 16.3 Å². The number of aromatic hydroxyl groups is 1. The molecule has 0 aliphatic heterocycles. The zero-order valence-corrected chi connectivity index (χ0v) is 13.3. The fourth-order valence-corrected chi connectivity index (χ4v) is 2.11. The Bertz CT molecular complexity index is 782. The van der Waals surface area contributed by atoms with E-state index < -0.39 is 11.0 Å². The number of hydrogen-bond acceptors (Lipinski definition) is 5. The number of methoxy groups -OCH3 is 1. The van der Waals surface area contributed by atoms with Crippen LogP contribution in [0.5, 0.6) is 11.5 Å². The van der Waals surface area contributed by atoms with Crippen LogP contribution in [-0.2, 0) is 6.54 Å². The molecule has 0 saturated carbocycles. The predicted molar refractivity (Wildman–Crippen MR) is 88.6 cm³/mol. The highest BCUT2D eigenvalue weighted by atomic mass is 35.5. The number of hydrogen-bond donors (Lipinski definition) is 3. The molecular formula is C15H14ClN3O5. The molecule has 126 valence electrons. The second-order valence-electron chi connectivity index (χ2n) is 4.74. The van der Waals surface area contributed by atoms with Gasteiger partial charge in [0.2, 0.25) is 0 Å². The van der Waals surface area contributed by atoms with Gasteiger partial charge in [0.25, 0.3) is 5.69 Å². The maximum absolute atomic E-state index is 11.9. The normalized spacial score (nSPS) is 10.1. The summed E-state index contributed by atoms with van der Waals surface area (Å²) < 4.78 is 4.98. The van der Waals surface area contributed by atoms with Crippen molar-refractivity contribution in [3.05, 3.63) is 57.1 Å². The lowest BCUT2D eigenvalue weighted by Gasteiger charge is -2.09. The Labute approximate surface area is 142 Å². The highest BCUT2D eigenvalue weighted by Crippen LogP contribution is 2.27. The Morgan fingerprint density at radius 2 is 2.08 bits per heavy atom. The van der Waals surface area contributed by atoms with Gasteiger partial charge in [-0.05, 0) is 29.8 Å². The quantitative estimate of drug-likeness (QED) is 0.565. The number of phenolic OH excluding ortho intramolecular Hbond substituents is 1. The van der Waals surface area contributed by atoms with Crippen LogP contribution in [0.1, 0.15) is 5.56 Å². The van der Waals surface area contributed by atoms with Crippen LogP contribution in [0.4, 0.5) is 16.2 Å². The highest BCUT2D eigenvalue weighted by Gasteiger charge is 2.14. The van der Waals surface area contributed by atoms with E-state index in [1.165, 1.54) is 31.4 Å². The Hall–Kier alpha value is -3.00. The first kappa shape index (κ1) is 17.4. The summed E-state index contributed by atoms with van der Waals surface area (Å²) in [5.74, 6) is 0.294. The topological polar surface area (TPSA) is 114 Å². The fourth-order valence-electron chi connectivity index (χ4n) is 1.92. The molecule has 0 aliphatic rings. The van der Waals surface area contributed by atoms with E-state index in [0.717, 1.165) is 0 Å². The molecule has 0 saturated heterocycles. The maximum atomic E-state index is 11.9. The lowest BCUT2D eigenvalue weighted by molar-refractivity contribution is -0.384. The number of phenols is 1. The molecule has 0 unspecified atom stereocenters. The molecule has 2 aromatic carbocycles. The molecule has 2 rings (SSSR count). The number of nitrogens with zero attached hydrogens (tertiary/aromatic N) is 1. The zero-order valence-electron chi connectivity index (χ0n) is 12.6. The van der Waals surface area contributed by atoms with Crippen LogP contribution in [0.15, 0.2) is 36.4 Å². The smallest absolute Gasteiger partial charge is 0.319 e. The summed E-state index contributed by atoms with van der Waals surface area (Å²) >= 11 is 5.71. The molecule has 24 heavy (non-hydrogen) atoms. The second-order valence-corrected chi connectivity index (χ2v) is 5.14. The molecule has 3 N–H and O–H groups in total. The number of nitro groups is 1. The van der Waals surface area contributed by atoms with Crippen molar-refractivity contribution >= 4 is 29.0 Å². The average Bonchev–Trinajstić information content (AvgIpc) is 2.55. The van der Waals surface area contributed by atoms with Gasteiger partial charge in [-0.1, -0.05) is 17.7 Å². The largest absolute Gasteiger partial charge is 0.504 e. The number of carbonyl (C=O) groups is 1. The third-order valence-corrected chi connectivity index (χ3v) is 3.42. The number of nitro benzene ring substituents is 1. The van der Waals surface area contributed by atoms with Crippen LogP contribution < -0.4 is 15.4 Å². The molecule has 0 bridgehead atoms. The van der Waals surface area contributed by atoms with Gasteiger partial charge in [-0.15, -0.1) is 0 Å². The fraction of sp³-hybridized carbons (Fsp3) is 0.133. The van der Waals surface area contributed by atoms with E-state index in [1.54, 1.807) is 12.1 Å². The van der Waals surface area contributed by atoms with Crippen molar-refractivity contribution in [3.63, 3.8) is 0 Å². The van der Waals surface area contributed by atoms with E-state index in [0.29, 0.717) is 11.3 Å². The van der Waals surface area contributed by atoms with E-state index in [-0.39, 0.29) is 28.7 Å². The third-order valence-electron chi connectivity index (χ3n) is 3.10. The summed E-state index contributed by atoms with van der Waals surface area (Å²) in [6.45, 7) is 0.179. The van der Waals surface area contributed by atoms with Crippen molar-refractivity contribution < 1.29 is 19.6 Å². The maximum Gasteiger partial charge on any atom is 0.319 e. The van der Waals surface area contributed by atoms with Crippen molar-refractivity contribution in [1.29, 1.82) is 0 Å². The summed E-state index contributed by atoms with van der Waals surface area (Å²) in [7, 11) is 1.42. The van der Waals surface area contributed by atoms with Gasteiger partial charge in [-0.2, -0.15) is 0 Å². The molecule has 0 heterocycles. The Morgan fingerprint density at radius 3 is 2.75 bits per heavy atom. The van der Waals surface area contributed by atoms with Gasteiger partial charge in [0, 0.05) is 18.3 Å². The van der Waals surface area contributed by atoms with Gasteiger partial charge in [-0.25, -0.2) is 4.79 Å². The van der Waals surface area contributed by atoms with Crippen LogP contribution in [-0.4, -0.2) is 23.2 Å². The summed E-state index contributed by atoms with van der Waals surface area (Å²) in [5.41, 5.74) is 0.659. The Kier molecular flexibility index (Phi) is 5.43. The summed E-state index contributed by atoms with van der Waals surface area (Å²) in [5, 5.41) is 25.4. The minimum Gasteiger partial charge on any atom is -0.504 e. The molecule has 0 aliphatic carbocycles. The van der Waals surface area contributed by atoms with Crippen LogP contribution in [0.25, 0.3) is 0 Å². The number of anilines is 1. The predicted octanol–water partition coefficient (Wildman–Crippen LogP) is 3.28. The van der Waals surface area contributed by atoms with Crippen molar-refractivity contribution in [3.8, 4) is 11.5 Å². The summed E-state index contributed by atoms with van der Waals surface area (Å²) in [6, 6.07) is 8.09. The van der Waals surface area contributed by atoms with Crippen LogP contribution >= 0.6 is 11.6 Å². The van der Waals surface area contributed by atoms with E-state index in [9.17, 15) is 20.0 Å². The first-order valence-corrected chi connectivity index (χ1v) is 7.13. The first-order valence-electron chi connectivity index (χ1n) is 6.75. The molecule has 0 radical (unpaired) electrons. The van der Waals surface area contributed by atoms with Crippen molar-refractivity contribution in [2.75, 3.05) is 12.4 Å². The highest BCUT2D eigenvalue weighted by molar-refractivity contribution is 6.32. The molecule has 2 amide bonds. The van der Waals surface area contributed by atoms with Gasteiger partial charge in [0.1, 0.15) is 5.02 Å². The SMILES string of the molecule is COc1cc(CNC(=O)Nc2ccc(Cl)c([N+](=O)[O-])c2)ccc1O. The molecule has 2 aromatic rings. The van der Waals surface area contributed by atoms with Gasteiger partial charge >= 0.3 is 6.03 Å². The lowest BCUT2D eigenvalue weighted by atomic mass is 10.2. The number of nitrogens with one attached hydrogen (secondary N) is 2. The Morgan fingerprint density at radius 1 is 1.33 bits per heavy atom. The number of carbonyl (C=O) groups excluding carboxylic acids is 1. The summed E-state index contributed by atoms with van der Waals surface area (Å²) in [6.07, 6.45) is 0. The first-order chi connectivity index (χ1) is 11.4. The van der Waals surface area contributed by atoms with Gasteiger partial charge in [-0.3, -0.25) is 10.1 Å². The monoisotopic (exact) mass is 351 g/mol. The molecule has 8 nitrogen and oxygen atoms in total. The minimum absolute atomic E-state index is 0.000764. The third kappa shape index (κ3) is 4.26. The molecule has 0 fully saturated rings. The van der Waals surface area contributed by atoms with Crippen LogP contribution in [0.3, 0.4) is 0 Å². The average molecular weight is 352 g/mol. The van der Waals surface area contributed by atoms with Crippen LogP contribution in [0, 0.1) is 10.1 Å². The molecule has 0 aromatic heterocycles. The van der Waals surface area contributed by atoms with E-state index in [1.807, 2.05) is 0 Å². The van der Waals surface area contributed by atoms with Crippen molar-refractivity contribution in [2.24, 2.45) is 0 Å². The second kappa shape index (κ2) is 7.51. The lowest BCUT2D eigenvalue weighted by Crippen LogP contribution is -2.28. The van der Waals surface area contributed by atoms with Gasteiger partial charge in [0.05, 0.1) is 12.0 Å². The zero-order chi connectivity index (χ0) is 17.7. The number of benzene rings is 2. The van der Waals surface area contributed by atoms with Crippen LogP contribution in [0.2, 0.25) is 5.02 Å². The van der Waals surface area contributed by atoms with Gasteiger partial charge in [0.15, 0.2) is 11.5 Å². The van der Waals surface area contributed by atoms with Crippen molar-refractivity contribution in [1.82, 2.24) is 5.32 Å². The number of urea groups is 1. The molecule has 0 spiro atoms. The number of rotatable bonds is 5.